The number of carbonyl (C=O) groups is 1. The lowest BCUT2D eigenvalue weighted by molar-refractivity contribution is -0.121. The van der Waals surface area contributed by atoms with Crippen LogP contribution in [0, 0.1) is 5.92 Å². The highest BCUT2D eigenvalue weighted by Crippen LogP contribution is 2.59. The van der Waals surface area contributed by atoms with E-state index in [-0.39, 0.29) is 11.3 Å². The summed E-state index contributed by atoms with van der Waals surface area (Å²) < 4.78 is 0. The van der Waals surface area contributed by atoms with Crippen LogP contribution in [-0.2, 0) is 10.2 Å². The fraction of sp³-hybridized carbons (Fsp3) is 0.381. The molecular formula is C21H24N2O. The lowest BCUT2D eigenvalue weighted by atomic mass is 9.85. The molecule has 0 aromatic heterocycles. The van der Waals surface area contributed by atoms with Crippen molar-refractivity contribution in [3.05, 3.63) is 71.8 Å². The van der Waals surface area contributed by atoms with Crippen molar-refractivity contribution in [2.45, 2.75) is 18.3 Å². The van der Waals surface area contributed by atoms with Crippen LogP contribution in [0.15, 0.2) is 60.7 Å². The molecule has 24 heavy (non-hydrogen) atoms. The highest BCUT2D eigenvalue weighted by Gasteiger charge is 2.56. The zero-order valence-corrected chi connectivity index (χ0v) is 13.9. The Morgan fingerprint density at radius 2 is 1.62 bits per heavy atom. The Hall–Kier alpha value is -2.13. The summed E-state index contributed by atoms with van der Waals surface area (Å²) in [5.41, 5.74) is 2.92. The standard InChI is InChI=1S/C21H24N2O/c24-20-16-23(13-7-12-22-20)15-19-14-21(19,17-8-3-1-4-9-17)18-10-5-2-6-11-18/h1-6,8-11,19H,7,12-16H2,(H,22,24)/t19-/m0/s1. The first-order valence-corrected chi connectivity index (χ1v) is 8.89. The van der Waals surface area contributed by atoms with Crippen LogP contribution in [0.4, 0.5) is 0 Å². The average molecular weight is 320 g/mol. The van der Waals surface area contributed by atoms with Crippen molar-refractivity contribution < 1.29 is 4.79 Å². The summed E-state index contributed by atoms with van der Waals surface area (Å²) in [4.78, 5) is 14.2. The molecule has 3 heteroatoms. The molecule has 0 bridgehead atoms. The van der Waals surface area contributed by atoms with Crippen molar-refractivity contribution in [1.29, 1.82) is 0 Å². The average Bonchev–Trinajstić information content (AvgIpc) is 3.38. The summed E-state index contributed by atoms with van der Waals surface area (Å²) in [5, 5.41) is 2.97. The predicted octanol–water partition coefficient (Wildman–Crippen LogP) is 2.81. The van der Waals surface area contributed by atoms with Gasteiger partial charge < -0.3 is 5.32 Å². The third kappa shape index (κ3) is 2.84. The minimum absolute atomic E-state index is 0.116. The molecule has 1 saturated carbocycles. The van der Waals surface area contributed by atoms with E-state index in [1.54, 1.807) is 0 Å². The van der Waals surface area contributed by atoms with Crippen molar-refractivity contribution in [3.8, 4) is 0 Å². The third-order valence-electron chi connectivity index (χ3n) is 5.50. The van der Waals surface area contributed by atoms with Crippen molar-refractivity contribution >= 4 is 5.91 Å². The van der Waals surface area contributed by atoms with Crippen molar-refractivity contribution in [1.82, 2.24) is 10.2 Å². The molecule has 0 spiro atoms. The molecule has 2 aromatic rings. The van der Waals surface area contributed by atoms with Crippen LogP contribution in [-0.4, -0.2) is 37.0 Å². The van der Waals surface area contributed by atoms with Crippen LogP contribution in [0.5, 0.6) is 0 Å². The van der Waals surface area contributed by atoms with E-state index in [0.29, 0.717) is 12.5 Å². The summed E-state index contributed by atoms with van der Waals surface area (Å²) in [6.45, 7) is 3.35. The minimum atomic E-state index is 0.116. The second-order valence-corrected chi connectivity index (χ2v) is 7.04. The van der Waals surface area contributed by atoms with Gasteiger partial charge in [0.25, 0.3) is 0 Å². The molecule has 1 heterocycles. The summed E-state index contributed by atoms with van der Waals surface area (Å²) in [6.07, 6.45) is 2.21. The molecule has 1 saturated heterocycles. The predicted molar refractivity (Wildman–Crippen MR) is 95.8 cm³/mol. The molecule has 1 amide bonds. The van der Waals surface area contributed by atoms with E-state index in [1.165, 1.54) is 17.5 Å². The molecule has 2 fully saturated rings. The number of carbonyl (C=O) groups excluding carboxylic acids is 1. The van der Waals surface area contributed by atoms with Gasteiger partial charge in [-0.25, -0.2) is 0 Å². The Bertz CT molecular complexity index is 659. The molecule has 0 radical (unpaired) electrons. The van der Waals surface area contributed by atoms with E-state index in [1.807, 2.05) is 0 Å². The molecule has 0 unspecified atom stereocenters. The maximum Gasteiger partial charge on any atom is 0.234 e. The van der Waals surface area contributed by atoms with E-state index in [4.69, 9.17) is 0 Å². The van der Waals surface area contributed by atoms with Crippen LogP contribution >= 0.6 is 0 Å². The highest BCUT2D eigenvalue weighted by atomic mass is 16.2. The first-order valence-electron chi connectivity index (χ1n) is 8.89. The quantitative estimate of drug-likeness (QED) is 0.939. The topological polar surface area (TPSA) is 32.3 Å². The molecule has 4 rings (SSSR count). The van der Waals surface area contributed by atoms with E-state index < -0.39 is 0 Å². The summed E-state index contributed by atoms with van der Waals surface area (Å²) in [7, 11) is 0. The van der Waals surface area contributed by atoms with Crippen molar-refractivity contribution in [2.24, 2.45) is 5.92 Å². The number of hydrogen-bond acceptors (Lipinski definition) is 2. The number of rotatable bonds is 4. The fourth-order valence-corrected chi connectivity index (χ4v) is 4.23. The molecule has 1 aliphatic carbocycles. The van der Waals surface area contributed by atoms with Crippen LogP contribution in [0.25, 0.3) is 0 Å². The van der Waals surface area contributed by atoms with Gasteiger partial charge in [0.05, 0.1) is 6.54 Å². The first-order chi connectivity index (χ1) is 11.8. The van der Waals surface area contributed by atoms with Gasteiger partial charge in [-0.1, -0.05) is 60.7 Å². The molecule has 124 valence electrons. The molecule has 1 N–H and O–H groups in total. The maximum atomic E-state index is 11.8. The lowest BCUT2D eigenvalue weighted by Gasteiger charge is -2.23. The van der Waals surface area contributed by atoms with Gasteiger partial charge in [0, 0.05) is 25.0 Å². The van der Waals surface area contributed by atoms with Crippen molar-refractivity contribution in [2.75, 3.05) is 26.2 Å². The van der Waals surface area contributed by atoms with Crippen molar-refractivity contribution in [3.63, 3.8) is 0 Å². The summed E-state index contributed by atoms with van der Waals surface area (Å²) >= 11 is 0. The van der Waals surface area contributed by atoms with Crippen LogP contribution in [0.1, 0.15) is 24.0 Å². The molecule has 1 aliphatic heterocycles. The second kappa shape index (κ2) is 6.40. The van der Waals surface area contributed by atoms with Gasteiger partial charge in [0.15, 0.2) is 0 Å². The Morgan fingerprint density at radius 1 is 1.00 bits per heavy atom. The lowest BCUT2D eigenvalue weighted by Crippen LogP contribution is -2.35. The van der Waals surface area contributed by atoms with E-state index >= 15 is 0 Å². The highest BCUT2D eigenvalue weighted by molar-refractivity contribution is 5.78. The zero-order chi connectivity index (χ0) is 16.4. The van der Waals surface area contributed by atoms with Crippen LogP contribution in [0.3, 0.4) is 0 Å². The maximum absolute atomic E-state index is 11.8. The summed E-state index contributed by atoms with van der Waals surface area (Å²) in [6, 6.07) is 21.7. The van der Waals surface area contributed by atoms with E-state index in [2.05, 4.69) is 70.9 Å². The van der Waals surface area contributed by atoms with Gasteiger partial charge in [0.1, 0.15) is 0 Å². The summed E-state index contributed by atoms with van der Waals surface area (Å²) in [5.74, 6) is 0.742. The normalized spacial score (nSPS) is 23.3. The van der Waals surface area contributed by atoms with E-state index in [0.717, 1.165) is 26.1 Å². The van der Waals surface area contributed by atoms with Gasteiger partial charge in [-0.05, 0) is 29.9 Å². The fourth-order valence-electron chi connectivity index (χ4n) is 4.23. The Balaban J connectivity index is 1.59. The Kier molecular flexibility index (Phi) is 4.11. The molecule has 3 nitrogen and oxygen atoms in total. The number of nitrogens with zero attached hydrogens (tertiary/aromatic N) is 1. The number of hydrogen-bond donors (Lipinski definition) is 1. The van der Waals surface area contributed by atoms with Gasteiger partial charge in [-0.3, -0.25) is 9.69 Å². The SMILES string of the molecule is O=C1CN(C[C@@H]2CC2(c2ccccc2)c2ccccc2)CCCN1. The monoisotopic (exact) mass is 320 g/mol. The molecule has 2 aromatic carbocycles. The first kappa shape index (κ1) is 15.4. The third-order valence-corrected chi connectivity index (χ3v) is 5.50. The second-order valence-electron chi connectivity index (χ2n) is 7.04. The van der Waals surface area contributed by atoms with Crippen LogP contribution < -0.4 is 5.32 Å². The van der Waals surface area contributed by atoms with Gasteiger partial charge in [0.2, 0.25) is 5.91 Å². The van der Waals surface area contributed by atoms with Crippen LogP contribution in [0.2, 0.25) is 0 Å². The molecule has 1 atom stereocenters. The van der Waals surface area contributed by atoms with E-state index in [9.17, 15) is 4.79 Å². The largest absolute Gasteiger partial charge is 0.355 e. The number of benzene rings is 2. The zero-order valence-electron chi connectivity index (χ0n) is 13.9. The molecule has 2 aliphatic rings. The Labute approximate surface area is 143 Å². The number of nitrogens with one attached hydrogen (secondary N) is 1. The van der Waals surface area contributed by atoms with Gasteiger partial charge >= 0.3 is 0 Å². The smallest absolute Gasteiger partial charge is 0.234 e. The van der Waals surface area contributed by atoms with Gasteiger partial charge in [-0.2, -0.15) is 0 Å². The minimum Gasteiger partial charge on any atom is -0.355 e. The molecular weight excluding hydrogens is 296 g/mol. The Morgan fingerprint density at radius 3 is 2.25 bits per heavy atom. The van der Waals surface area contributed by atoms with Gasteiger partial charge in [-0.15, -0.1) is 0 Å². The number of amides is 1.